The molecule has 0 bridgehead atoms. The summed E-state index contributed by atoms with van der Waals surface area (Å²) in [5.41, 5.74) is 2.82. The second-order valence-corrected chi connectivity index (χ2v) is 4.25. The molecule has 0 heterocycles. The molecule has 0 atom stereocenters. The molecule has 0 fully saturated rings. The zero-order valence-electron chi connectivity index (χ0n) is 10.1. The fourth-order valence-electron chi connectivity index (χ4n) is 1.73. The van der Waals surface area contributed by atoms with Gasteiger partial charge in [-0.25, -0.2) is 9.87 Å². The van der Waals surface area contributed by atoms with Crippen molar-refractivity contribution in [3.8, 4) is 5.75 Å². The SMILES string of the molecule is COc1c(C(C)(C)F)ccc(C)c1CNO. The predicted octanol–water partition coefficient (Wildman–Crippen LogP) is 2.69. The molecule has 0 aliphatic carbocycles. The molecule has 90 valence electrons. The Bertz CT molecular complexity index is 372. The molecule has 0 radical (unpaired) electrons. The molecular formula is C12H18FNO2. The van der Waals surface area contributed by atoms with E-state index >= 15 is 0 Å². The number of methoxy groups -OCH3 is 1. The van der Waals surface area contributed by atoms with Gasteiger partial charge in [0.15, 0.2) is 0 Å². The molecule has 1 aromatic rings. The fraction of sp³-hybridized carbons (Fsp3) is 0.500. The second kappa shape index (κ2) is 4.80. The van der Waals surface area contributed by atoms with Gasteiger partial charge in [-0.1, -0.05) is 12.1 Å². The standard InChI is InChI=1S/C12H18FNO2/c1-8-5-6-10(12(2,3)13)11(16-4)9(8)7-14-15/h5-6,14-15H,7H2,1-4H3. The highest BCUT2D eigenvalue weighted by Crippen LogP contribution is 2.36. The van der Waals surface area contributed by atoms with Crippen LogP contribution in [0.1, 0.15) is 30.5 Å². The van der Waals surface area contributed by atoms with Gasteiger partial charge in [0.2, 0.25) is 0 Å². The van der Waals surface area contributed by atoms with Crippen LogP contribution in [0.4, 0.5) is 4.39 Å². The van der Waals surface area contributed by atoms with Gasteiger partial charge in [0.25, 0.3) is 0 Å². The van der Waals surface area contributed by atoms with Crippen LogP contribution >= 0.6 is 0 Å². The van der Waals surface area contributed by atoms with Gasteiger partial charge >= 0.3 is 0 Å². The number of hydrogen-bond acceptors (Lipinski definition) is 3. The van der Waals surface area contributed by atoms with Gasteiger partial charge in [-0.05, 0) is 26.3 Å². The van der Waals surface area contributed by atoms with Crippen LogP contribution < -0.4 is 10.2 Å². The summed E-state index contributed by atoms with van der Waals surface area (Å²) in [5, 5.41) is 8.76. The van der Waals surface area contributed by atoms with Gasteiger partial charge in [0, 0.05) is 17.7 Å². The summed E-state index contributed by atoms with van der Waals surface area (Å²) in [5.74, 6) is 0.494. The Morgan fingerprint density at radius 3 is 2.50 bits per heavy atom. The van der Waals surface area contributed by atoms with Crippen molar-refractivity contribution in [2.45, 2.75) is 33.0 Å². The first kappa shape index (κ1) is 12.9. The van der Waals surface area contributed by atoms with E-state index in [1.807, 2.05) is 13.0 Å². The van der Waals surface area contributed by atoms with Crippen LogP contribution in [0.15, 0.2) is 12.1 Å². The van der Waals surface area contributed by atoms with Gasteiger partial charge in [0.05, 0.1) is 7.11 Å². The zero-order chi connectivity index (χ0) is 12.3. The van der Waals surface area contributed by atoms with Gasteiger partial charge in [0.1, 0.15) is 11.4 Å². The molecule has 0 aliphatic heterocycles. The average molecular weight is 227 g/mol. The third-order valence-electron chi connectivity index (χ3n) is 2.60. The molecule has 1 rings (SSSR count). The van der Waals surface area contributed by atoms with Crippen LogP contribution in [0.3, 0.4) is 0 Å². The van der Waals surface area contributed by atoms with Gasteiger partial charge in [-0.15, -0.1) is 0 Å². The molecule has 4 heteroatoms. The fourth-order valence-corrected chi connectivity index (χ4v) is 1.73. The molecule has 0 aromatic heterocycles. The first-order valence-corrected chi connectivity index (χ1v) is 5.14. The van der Waals surface area contributed by atoms with Crippen LogP contribution in [-0.4, -0.2) is 12.3 Å². The van der Waals surface area contributed by atoms with Crippen molar-refractivity contribution >= 4 is 0 Å². The van der Waals surface area contributed by atoms with Crippen LogP contribution in [-0.2, 0) is 12.2 Å². The molecule has 0 spiro atoms. The summed E-state index contributed by atoms with van der Waals surface area (Å²) in [6.45, 7) is 5.09. The summed E-state index contributed by atoms with van der Waals surface area (Å²) in [6.07, 6.45) is 0. The molecule has 3 nitrogen and oxygen atoms in total. The smallest absolute Gasteiger partial charge is 0.134 e. The molecule has 0 aliphatic rings. The number of ether oxygens (including phenoxy) is 1. The zero-order valence-corrected chi connectivity index (χ0v) is 10.1. The van der Waals surface area contributed by atoms with E-state index in [0.717, 1.165) is 11.1 Å². The van der Waals surface area contributed by atoms with Crippen LogP contribution in [0, 0.1) is 6.92 Å². The van der Waals surface area contributed by atoms with E-state index in [4.69, 9.17) is 9.94 Å². The first-order valence-electron chi connectivity index (χ1n) is 5.14. The molecule has 0 amide bonds. The summed E-state index contributed by atoms with van der Waals surface area (Å²) in [6, 6.07) is 3.54. The second-order valence-electron chi connectivity index (χ2n) is 4.25. The van der Waals surface area contributed by atoms with Crippen LogP contribution in [0.5, 0.6) is 5.75 Å². The van der Waals surface area contributed by atoms with Crippen molar-refractivity contribution in [3.63, 3.8) is 0 Å². The number of aryl methyl sites for hydroxylation is 1. The lowest BCUT2D eigenvalue weighted by Gasteiger charge is -2.22. The number of nitrogens with one attached hydrogen (secondary N) is 1. The molecule has 2 N–H and O–H groups in total. The third-order valence-corrected chi connectivity index (χ3v) is 2.60. The summed E-state index contributed by atoms with van der Waals surface area (Å²) >= 11 is 0. The Morgan fingerprint density at radius 1 is 1.44 bits per heavy atom. The Labute approximate surface area is 95.2 Å². The minimum absolute atomic E-state index is 0.235. The Morgan fingerprint density at radius 2 is 2.06 bits per heavy atom. The Balaban J connectivity index is 3.37. The Kier molecular flexibility index (Phi) is 3.88. The monoisotopic (exact) mass is 227 g/mol. The predicted molar refractivity (Wildman–Crippen MR) is 60.5 cm³/mol. The topological polar surface area (TPSA) is 41.5 Å². The van der Waals surface area contributed by atoms with Gasteiger partial charge in [-0.3, -0.25) is 0 Å². The van der Waals surface area contributed by atoms with E-state index in [-0.39, 0.29) is 6.54 Å². The Hall–Kier alpha value is -1.13. The number of rotatable bonds is 4. The van der Waals surface area contributed by atoms with E-state index in [1.54, 1.807) is 6.07 Å². The highest BCUT2D eigenvalue weighted by atomic mass is 19.1. The number of alkyl halides is 1. The summed E-state index contributed by atoms with van der Waals surface area (Å²) in [7, 11) is 1.50. The largest absolute Gasteiger partial charge is 0.496 e. The minimum Gasteiger partial charge on any atom is -0.496 e. The highest BCUT2D eigenvalue weighted by molar-refractivity contribution is 5.48. The van der Waals surface area contributed by atoms with E-state index in [1.165, 1.54) is 21.0 Å². The first-order chi connectivity index (χ1) is 7.41. The van der Waals surface area contributed by atoms with Crippen LogP contribution in [0.25, 0.3) is 0 Å². The quantitative estimate of drug-likeness (QED) is 0.777. The molecule has 1 aromatic carbocycles. The van der Waals surface area contributed by atoms with Gasteiger partial charge < -0.3 is 9.94 Å². The highest BCUT2D eigenvalue weighted by Gasteiger charge is 2.25. The maximum atomic E-state index is 14.0. The van der Waals surface area contributed by atoms with Crippen molar-refractivity contribution in [2.75, 3.05) is 7.11 Å². The molecule has 0 unspecified atom stereocenters. The van der Waals surface area contributed by atoms with E-state index in [2.05, 4.69) is 5.48 Å². The molecule has 0 saturated carbocycles. The molecule has 0 saturated heterocycles. The lowest BCUT2D eigenvalue weighted by atomic mass is 9.94. The maximum Gasteiger partial charge on any atom is 0.134 e. The summed E-state index contributed by atoms with van der Waals surface area (Å²) < 4.78 is 19.2. The van der Waals surface area contributed by atoms with Crippen LogP contribution in [0.2, 0.25) is 0 Å². The molecule has 16 heavy (non-hydrogen) atoms. The van der Waals surface area contributed by atoms with Crippen molar-refractivity contribution < 1.29 is 14.3 Å². The lowest BCUT2D eigenvalue weighted by molar-refractivity contribution is 0.159. The normalized spacial score (nSPS) is 11.6. The van der Waals surface area contributed by atoms with E-state index in [0.29, 0.717) is 11.3 Å². The number of hydrogen-bond donors (Lipinski definition) is 2. The van der Waals surface area contributed by atoms with E-state index < -0.39 is 5.67 Å². The van der Waals surface area contributed by atoms with Crippen molar-refractivity contribution in [1.82, 2.24) is 5.48 Å². The summed E-state index contributed by atoms with van der Waals surface area (Å²) in [4.78, 5) is 0. The van der Waals surface area contributed by atoms with Crippen molar-refractivity contribution in [2.24, 2.45) is 0 Å². The average Bonchev–Trinajstić information content (AvgIpc) is 2.19. The minimum atomic E-state index is -1.47. The number of halogens is 1. The number of hydroxylamine groups is 1. The molecular weight excluding hydrogens is 209 g/mol. The van der Waals surface area contributed by atoms with Crippen molar-refractivity contribution in [3.05, 3.63) is 28.8 Å². The number of benzene rings is 1. The maximum absolute atomic E-state index is 14.0. The third kappa shape index (κ3) is 2.51. The van der Waals surface area contributed by atoms with Crippen molar-refractivity contribution in [1.29, 1.82) is 0 Å². The lowest BCUT2D eigenvalue weighted by Crippen LogP contribution is -2.15. The van der Waals surface area contributed by atoms with Gasteiger partial charge in [-0.2, -0.15) is 0 Å². The van der Waals surface area contributed by atoms with E-state index in [9.17, 15) is 4.39 Å².